The van der Waals surface area contributed by atoms with E-state index in [1.165, 1.54) is 0 Å². The summed E-state index contributed by atoms with van der Waals surface area (Å²) in [5.41, 5.74) is 1.76. The number of hydrogen-bond acceptors (Lipinski definition) is 4. The fourth-order valence-corrected chi connectivity index (χ4v) is 2.84. The lowest BCUT2D eigenvalue weighted by molar-refractivity contribution is 0.0909. The van der Waals surface area contributed by atoms with E-state index in [1.54, 1.807) is 12.5 Å². The van der Waals surface area contributed by atoms with Crippen LogP contribution in [0.2, 0.25) is 0 Å². The molecule has 1 aromatic carbocycles. The van der Waals surface area contributed by atoms with Crippen molar-refractivity contribution in [3.05, 3.63) is 48.2 Å². The summed E-state index contributed by atoms with van der Waals surface area (Å²) in [6.45, 7) is 2.77. The van der Waals surface area contributed by atoms with Gasteiger partial charge in [-0.15, -0.1) is 10.2 Å². The summed E-state index contributed by atoms with van der Waals surface area (Å²) in [5, 5.41) is 8.97. The highest BCUT2D eigenvalue weighted by Crippen LogP contribution is 2.19. The monoisotopic (exact) mass is 281 g/mol. The molecule has 4 rings (SSSR count). The maximum absolute atomic E-state index is 12.5. The van der Waals surface area contributed by atoms with Crippen LogP contribution in [0.1, 0.15) is 16.2 Å². The number of nitrogens with one attached hydrogen (secondary N) is 1. The molecule has 0 atom stereocenters. The molecule has 0 bridgehead atoms. The molecule has 0 spiro atoms. The number of aromatic nitrogens is 4. The maximum Gasteiger partial charge on any atom is 0.178 e. The number of nitrogens with zero attached hydrogens (tertiary/aromatic N) is 4. The minimum atomic E-state index is 0.139. The fraction of sp³-hybridized carbons (Fsp3) is 0.267. The van der Waals surface area contributed by atoms with Crippen LogP contribution in [0, 0.1) is 0 Å². The third-order valence-corrected chi connectivity index (χ3v) is 3.97. The molecule has 0 saturated heterocycles. The minimum absolute atomic E-state index is 0.139. The largest absolute Gasteiger partial charge is 0.360 e. The highest BCUT2D eigenvalue weighted by Gasteiger charge is 2.21. The van der Waals surface area contributed by atoms with E-state index >= 15 is 0 Å². The lowest BCUT2D eigenvalue weighted by atomic mass is 10.1. The molecule has 6 nitrogen and oxygen atoms in total. The number of aromatic amines is 1. The predicted octanol–water partition coefficient (Wildman–Crippen LogP) is 1.46. The summed E-state index contributed by atoms with van der Waals surface area (Å²) in [6.07, 6.45) is 3.55. The van der Waals surface area contributed by atoms with Crippen molar-refractivity contribution in [1.29, 1.82) is 0 Å². The Bertz CT molecular complexity index is 803. The lowest BCUT2D eigenvalue weighted by Crippen LogP contribution is -2.37. The molecule has 106 valence electrons. The van der Waals surface area contributed by atoms with Crippen LogP contribution in [0.15, 0.2) is 36.8 Å². The Morgan fingerprint density at radius 3 is 3.14 bits per heavy atom. The molecule has 6 heteroatoms. The quantitative estimate of drug-likeness (QED) is 0.738. The number of Topliss-reactive ketones (excluding diaryl/α,β-unsaturated/α-hetero) is 1. The molecule has 0 unspecified atom stereocenters. The Kier molecular flexibility index (Phi) is 2.82. The van der Waals surface area contributed by atoms with Crippen LogP contribution < -0.4 is 0 Å². The zero-order valence-electron chi connectivity index (χ0n) is 11.5. The van der Waals surface area contributed by atoms with E-state index in [4.69, 9.17) is 0 Å². The van der Waals surface area contributed by atoms with Crippen molar-refractivity contribution in [2.45, 2.75) is 13.1 Å². The average Bonchev–Trinajstić information content (AvgIpc) is 3.13. The second kappa shape index (κ2) is 4.82. The van der Waals surface area contributed by atoms with E-state index in [0.717, 1.165) is 35.4 Å². The van der Waals surface area contributed by atoms with Crippen LogP contribution in [-0.2, 0) is 13.1 Å². The third-order valence-electron chi connectivity index (χ3n) is 3.97. The summed E-state index contributed by atoms with van der Waals surface area (Å²) in [5.74, 6) is 1.06. The smallest absolute Gasteiger partial charge is 0.178 e. The number of fused-ring (bicyclic) bond motifs is 2. The van der Waals surface area contributed by atoms with Crippen molar-refractivity contribution in [3.8, 4) is 0 Å². The van der Waals surface area contributed by atoms with Crippen LogP contribution in [0.3, 0.4) is 0 Å². The van der Waals surface area contributed by atoms with Gasteiger partial charge in [0.05, 0.1) is 13.1 Å². The number of carbonyl (C=O) groups excluding carboxylic acids is 1. The standard InChI is InChI=1S/C15H15N5O/c21-14(12-7-16-13-4-2-1-3-11(12)13)8-19-5-6-20-10-17-18-15(20)9-19/h1-4,7,10,16H,5-6,8-9H2. The molecule has 1 aliphatic heterocycles. The van der Waals surface area contributed by atoms with Gasteiger partial charge in [0.15, 0.2) is 5.78 Å². The van der Waals surface area contributed by atoms with Gasteiger partial charge in [0, 0.05) is 35.8 Å². The molecule has 3 heterocycles. The van der Waals surface area contributed by atoms with Crippen molar-refractivity contribution >= 4 is 16.7 Å². The molecule has 0 radical (unpaired) electrons. The van der Waals surface area contributed by atoms with Crippen molar-refractivity contribution in [2.75, 3.05) is 13.1 Å². The molecule has 1 aliphatic rings. The molecule has 2 aromatic heterocycles. The highest BCUT2D eigenvalue weighted by atomic mass is 16.1. The maximum atomic E-state index is 12.5. The number of rotatable bonds is 3. The van der Waals surface area contributed by atoms with Gasteiger partial charge in [-0.25, -0.2) is 0 Å². The molecular weight excluding hydrogens is 266 g/mol. The van der Waals surface area contributed by atoms with E-state index in [-0.39, 0.29) is 5.78 Å². The second-order valence-corrected chi connectivity index (χ2v) is 5.32. The fourth-order valence-electron chi connectivity index (χ4n) is 2.84. The summed E-state index contributed by atoms with van der Waals surface area (Å²) in [7, 11) is 0. The van der Waals surface area contributed by atoms with Gasteiger partial charge in [-0.3, -0.25) is 9.69 Å². The number of para-hydroxylation sites is 1. The van der Waals surface area contributed by atoms with Gasteiger partial charge in [0.2, 0.25) is 0 Å². The summed E-state index contributed by atoms with van der Waals surface area (Å²) in [6, 6.07) is 7.88. The average molecular weight is 281 g/mol. The first-order valence-corrected chi connectivity index (χ1v) is 6.99. The topological polar surface area (TPSA) is 66.8 Å². The molecular formula is C15H15N5O. The normalized spacial score (nSPS) is 15.2. The number of ketones is 1. The van der Waals surface area contributed by atoms with Crippen LogP contribution in [0.25, 0.3) is 10.9 Å². The Labute approximate surface area is 121 Å². The number of hydrogen-bond donors (Lipinski definition) is 1. The molecule has 0 saturated carbocycles. The Hall–Kier alpha value is -2.47. The Morgan fingerprint density at radius 1 is 1.29 bits per heavy atom. The van der Waals surface area contributed by atoms with Crippen LogP contribution in [0.4, 0.5) is 0 Å². The zero-order valence-corrected chi connectivity index (χ0v) is 11.5. The first-order chi connectivity index (χ1) is 10.3. The van der Waals surface area contributed by atoms with Gasteiger partial charge in [0.25, 0.3) is 0 Å². The molecule has 0 aliphatic carbocycles. The van der Waals surface area contributed by atoms with Gasteiger partial charge in [-0.2, -0.15) is 0 Å². The number of H-pyrrole nitrogens is 1. The Balaban J connectivity index is 1.54. The van der Waals surface area contributed by atoms with Gasteiger partial charge >= 0.3 is 0 Å². The van der Waals surface area contributed by atoms with Gasteiger partial charge in [0.1, 0.15) is 12.2 Å². The van der Waals surface area contributed by atoms with E-state index in [2.05, 4.69) is 20.1 Å². The lowest BCUT2D eigenvalue weighted by Gasteiger charge is -2.25. The van der Waals surface area contributed by atoms with Gasteiger partial charge in [-0.05, 0) is 6.07 Å². The highest BCUT2D eigenvalue weighted by molar-refractivity contribution is 6.08. The van der Waals surface area contributed by atoms with Gasteiger partial charge in [-0.1, -0.05) is 18.2 Å². The van der Waals surface area contributed by atoms with Crippen molar-refractivity contribution < 1.29 is 4.79 Å². The summed E-state index contributed by atoms with van der Waals surface area (Å²) < 4.78 is 2.03. The van der Waals surface area contributed by atoms with Crippen molar-refractivity contribution in [3.63, 3.8) is 0 Å². The first-order valence-electron chi connectivity index (χ1n) is 6.99. The number of benzene rings is 1. The summed E-state index contributed by atoms with van der Waals surface area (Å²) >= 11 is 0. The van der Waals surface area contributed by atoms with E-state index in [9.17, 15) is 4.79 Å². The van der Waals surface area contributed by atoms with Crippen LogP contribution >= 0.6 is 0 Å². The second-order valence-electron chi connectivity index (χ2n) is 5.32. The SMILES string of the molecule is O=C(CN1CCn2cnnc2C1)c1c[nH]c2ccccc12. The van der Waals surface area contributed by atoms with E-state index < -0.39 is 0 Å². The molecule has 21 heavy (non-hydrogen) atoms. The van der Waals surface area contributed by atoms with Crippen molar-refractivity contribution in [2.24, 2.45) is 0 Å². The molecule has 0 fully saturated rings. The Morgan fingerprint density at radius 2 is 2.19 bits per heavy atom. The zero-order chi connectivity index (χ0) is 14.2. The van der Waals surface area contributed by atoms with Crippen LogP contribution in [-0.4, -0.2) is 43.5 Å². The third kappa shape index (κ3) is 2.13. The van der Waals surface area contributed by atoms with E-state index in [1.807, 2.05) is 28.8 Å². The minimum Gasteiger partial charge on any atom is -0.360 e. The molecule has 0 amide bonds. The number of carbonyl (C=O) groups is 1. The molecule has 3 aromatic rings. The van der Waals surface area contributed by atoms with Crippen LogP contribution in [0.5, 0.6) is 0 Å². The predicted molar refractivity (Wildman–Crippen MR) is 77.9 cm³/mol. The first kappa shape index (κ1) is 12.3. The van der Waals surface area contributed by atoms with Gasteiger partial charge < -0.3 is 9.55 Å². The van der Waals surface area contributed by atoms with E-state index in [0.29, 0.717) is 13.1 Å². The summed E-state index contributed by atoms with van der Waals surface area (Å²) in [4.78, 5) is 17.8. The molecule has 1 N–H and O–H groups in total. The van der Waals surface area contributed by atoms with Crippen molar-refractivity contribution in [1.82, 2.24) is 24.6 Å².